The fourth-order valence-electron chi connectivity index (χ4n) is 2.72. The molecule has 26 heavy (non-hydrogen) atoms. The van der Waals surface area contributed by atoms with Gasteiger partial charge in [0, 0.05) is 15.6 Å². The molecule has 1 aliphatic rings. The first-order valence-corrected chi connectivity index (χ1v) is 8.45. The lowest BCUT2D eigenvalue weighted by molar-refractivity contribution is -0.134. The summed E-state index contributed by atoms with van der Waals surface area (Å²) < 4.78 is 5.11. The van der Waals surface area contributed by atoms with E-state index < -0.39 is 29.9 Å². The Labute approximate surface area is 159 Å². The second-order valence-electron chi connectivity index (χ2n) is 5.93. The average molecular weight is 396 g/mol. The number of amides is 4. The third-order valence-electron chi connectivity index (χ3n) is 4.09. The highest BCUT2D eigenvalue weighted by Gasteiger charge is 2.50. The number of halogens is 2. The summed E-state index contributed by atoms with van der Waals surface area (Å²) in [7, 11) is 0. The normalized spacial score (nSPS) is 19.6. The standard InChI is InChI=1S/C17H15Cl2N3O4/c1-17(12-5-4-10(18)7-13(12)19)15(24)22(16(25)21-17)9-14(23)20-8-11-3-2-6-26-11/h2-7H,8-9H2,1H3,(H,20,23)(H,21,25)/t17-/m0/s1. The van der Waals surface area contributed by atoms with E-state index in [1.54, 1.807) is 24.3 Å². The highest BCUT2D eigenvalue weighted by molar-refractivity contribution is 6.35. The van der Waals surface area contributed by atoms with Crippen LogP contribution in [0, 0.1) is 0 Å². The van der Waals surface area contributed by atoms with Crippen molar-refractivity contribution in [2.75, 3.05) is 6.54 Å². The van der Waals surface area contributed by atoms with Crippen molar-refractivity contribution in [3.05, 3.63) is 58.0 Å². The van der Waals surface area contributed by atoms with Crippen LogP contribution in [0.2, 0.25) is 10.0 Å². The Morgan fingerprint density at radius 2 is 2.08 bits per heavy atom. The summed E-state index contributed by atoms with van der Waals surface area (Å²) in [6, 6.07) is 7.36. The van der Waals surface area contributed by atoms with Gasteiger partial charge in [0.15, 0.2) is 0 Å². The molecule has 2 N–H and O–H groups in total. The number of urea groups is 1. The Hall–Kier alpha value is -2.51. The molecule has 7 nitrogen and oxygen atoms in total. The van der Waals surface area contributed by atoms with Gasteiger partial charge in [-0.3, -0.25) is 14.5 Å². The minimum atomic E-state index is -1.37. The Kier molecular flexibility index (Phi) is 4.93. The third-order valence-corrected chi connectivity index (χ3v) is 4.63. The molecule has 1 aliphatic heterocycles. The Morgan fingerprint density at radius 3 is 2.73 bits per heavy atom. The van der Waals surface area contributed by atoms with E-state index in [1.807, 2.05) is 0 Å². The molecule has 0 aliphatic carbocycles. The molecule has 2 heterocycles. The molecular weight excluding hydrogens is 381 g/mol. The maximum atomic E-state index is 12.8. The van der Waals surface area contributed by atoms with Gasteiger partial charge in [-0.05, 0) is 31.2 Å². The molecule has 0 unspecified atom stereocenters. The van der Waals surface area contributed by atoms with E-state index in [-0.39, 0.29) is 11.6 Å². The molecule has 9 heteroatoms. The number of furan rings is 1. The van der Waals surface area contributed by atoms with Gasteiger partial charge in [-0.2, -0.15) is 0 Å². The first-order valence-electron chi connectivity index (χ1n) is 7.70. The van der Waals surface area contributed by atoms with E-state index in [4.69, 9.17) is 27.6 Å². The number of carbonyl (C=O) groups excluding carboxylic acids is 3. The van der Waals surface area contributed by atoms with E-state index >= 15 is 0 Å². The van der Waals surface area contributed by atoms with Gasteiger partial charge >= 0.3 is 6.03 Å². The Bertz CT molecular complexity index is 869. The SMILES string of the molecule is C[C@@]1(c2ccc(Cl)cc2Cl)NC(=O)N(CC(=O)NCc2ccco2)C1=O. The van der Waals surface area contributed by atoms with Gasteiger partial charge in [-0.15, -0.1) is 0 Å². The second kappa shape index (κ2) is 7.01. The molecule has 0 saturated carbocycles. The largest absolute Gasteiger partial charge is 0.467 e. The van der Waals surface area contributed by atoms with Crippen molar-refractivity contribution in [2.45, 2.75) is 19.0 Å². The number of hydrogen-bond acceptors (Lipinski definition) is 4. The van der Waals surface area contributed by atoms with Gasteiger partial charge < -0.3 is 15.1 Å². The molecule has 0 bridgehead atoms. The number of hydrogen-bond donors (Lipinski definition) is 2. The van der Waals surface area contributed by atoms with Crippen LogP contribution in [-0.4, -0.2) is 29.3 Å². The molecule has 0 radical (unpaired) electrons. The number of benzene rings is 1. The summed E-state index contributed by atoms with van der Waals surface area (Å²) in [5, 5.41) is 5.84. The summed E-state index contributed by atoms with van der Waals surface area (Å²) in [5.74, 6) is -0.496. The van der Waals surface area contributed by atoms with Crippen LogP contribution in [0.5, 0.6) is 0 Å². The summed E-state index contributed by atoms with van der Waals surface area (Å²) >= 11 is 12.1. The molecule has 1 aromatic carbocycles. The van der Waals surface area contributed by atoms with Crippen molar-refractivity contribution in [3.8, 4) is 0 Å². The van der Waals surface area contributed by atoms with Crippen LogP contribution in [0.1, 0.15) is 18.2 Å². The highest BCUT2D eigenvalue weighted by Crippen LogP contribution is 2.34. The van der Waals surface area contributed by atoms with Crippen LogP contribution in [-0.2, 0) is 21.7 Å². The first-order chi connectivity index (χ1) is 12.3. The summed E-state index contributed by atoms with van der Waals surface area (Å²) in [6.45, 7) is 1.28. The minimum absolute atomic E-state index is 0.162. The molecule has 1 atom stereocenters. The predicted molar refractivity (Wildman–Crippen MR) is 94.6 cm³/mol. The van der Waals surface area contributed by atoms with E-state index in [0.29, 0.717) is 16.3 Å². The smallest absolute Gasteiger partial charge is 0.325 e. The molecule has 4 amide bonds. The van der Waals surface area contributed by atoms with Crippen LogP contribution in [0.25, 0.3) is 0 Å². The van der Waals surface area contributed by atoms with Crippen LogP contribution >= 0.6 is 23.2 Å². The Morgan fingerprint density at radius 1 is 1.31 bits per heavy atom. The zero-order valence-electron chi connectivity index (χ0n) is 13.7. The van der Waals surface area contributed by atoms with E-state index in [0.717, 1.165) is 4.90 Å². The number of carbonyl (C=O) groups is 3. The summed E-state index contributed by atoms with van der Waals surface area (Å²) in [5.41, 5.74) is -0.972. The van der Waals surface area contributed by atoms with Crippen molar-refractivity contribution < 1.29 is 18.8 Å². The zero-order chi connectivity index (χ0) is 18.9. The second-order valence-corrected chi connectivity index (χ2v) is 6.77. The van der Waals surface area contributed by atoms with Crippen LogP contribution in [0.3, 0.4) is 0 Å². The maximum absolute atomic E-state index is 12.8. The van der Waals surface area contributed by atoms with Crippen LogP contribution in [0.15, 0.2) is 41.0 Å². The number of nitrogens with one attached hydrogen (secondary N) is 2. The van der Waals surface area contributed by atoms with E-state index in [1.165, 1.54) is 19.3 Å². The van der Waals surface area contributed by atoms with Gasteiger partial charge in [0.1, 0.15) is 17.8 Å². The van der Waals surface area contributed by atoms with Gasteiger partial charge in [-0.1, -0.05) is 29.3 Å². The van der Waals surface area contributed by atoms with Crippen molar-refractivity contribution in [1.29, 1.82) is 0 Å². The van der Waals surface area contributed by atoms with Gasteiger partial charge in [0.05, 0.1) is 12.8 Å². The highest BCUT2D eigenvalue weighted by atomic mass is 35.5. The third kappa shape index (κ3) is 3.40. The molecule has 2 aromatic rings. The first kappa shape index (κ1) is 18.3. The van der Waals surface area contributed by atoms with Crippen molar-refractivity contribution in [3.63, 3.8) is 0 Å². The van der Waals surface area contributed by atoms with Gasteiger partial charge in [0.25, 0.3) is 5.91 Å². The molecule has 136 valence electrons. The molecule has 1 fully saturated rings. The topological polar surface area (TPSA) is 91.7 Å². The van der Waals surface area contributed by atoms with Gasteiger partial charge in [0.2, 0.25) is 5.91 Å². The van der Waals surface area contributed by atoms with Crippen LogP contribution < -0.4 is 10.6 Å². The maximum Gasteiger partial charge on any atom is 0.325 e. The number of nitrogens with zero attached hydrogens (tertiary/aromatic N) is 1. The fraction of sp³-hybridized carbons (Fsp3) is 0.235. The minimum Gasteiger partial charge on any atom is -0.467 e. The van der Waals surface area contributed by atoms with Gasteiger partial charge in [-0.25, -0.2) is 4.79 Å². The lowest BCUT2D eigenvalue weighted by atomic mass is 9.92. The lowest BCUT2D eigenvalue weighted by Gasteiger charge is -2.23. The van der Waals surface area contributed by atoms with Crippen molar-refractivity contribution in [2.24, 2.45) is 0 Å². The van der Waals surface area contributed by atoms with E-state index in [9.17, 15) is 14.4 Å². The Balaban J connectivity index is 1.72. The summed E-state index contributed by atoms with van der Waals surface area (Å²) in [4.78, 5) is 38.0. The molecule has 1 saturated heterocycles. The van der Waals surface area contributed by atoms with E-state index in [2.05, 4.69) is 10.6 Å². The zero-order valence-corrected chi connectivity index (χ0v) is 15.2. The van der Waals surface area contributed by atoms with Crippen LogP contribution in [0.4, 0.5) is 4.79 Å². The molecule has 3 rings (SSSR count). The average Bonchev–Trinajstić information content (AvgIpc) is 3.16. The monoisotopic (exact) mass is 395 g/mol. The van der Waals surface area contributed by atoms with Crippen molar-refractivity contribution >= 4 is 41.0 Å². The number of imide groups is 1. The molecule has 1 aromatic heterocycles. The van der Waals surface area contributed by atoms with Crippen molar-refractivity contribution in [1.82, 2.24) is 15.5 Å². The molecular formula is C17H15Cl2N3O4. The lowest BCUT2D eigenvalue weighted by Crippen LogP contribution is -2.43. The number of rotatable bonds is 5. The summed E-state index contributed by atoms with van der Waals surface area (Å²) in [6.07, 6.45) is 1.49. The fourth-order valence-corrected chi connectivity index (χ4v) is 3.31. The molecule has 0 spiro atoms. The predicted octanol–water partition coefficient (Wildman–Crippen LogP) is 2.67. The quantitative estimate of drug-likeness (QED) is 0.761.